The van der Waals surface area contributed by atoms with Crippen LogP contribution in [-0.4, -0.2) is 38.7 Å². The topological polar surface area (TPSA) is 95.3 Å². The number of aromatic nitrogens is 2. The van der Waals surface area contributed by atoms with Crippen molar-refractivity contribution in [3.63, 3.8) is 0 Å². The fourth-order valence-corrected chi connectivity index (χ4v) is 1.14. The molecule has 6 heteroatoms. The van der Waals surface area contributed by atoms with E-state index in [2.05, 4.69) is 15.3 Å². The quantitative estimate of drug-likeness (QED) is 0.630. The number of hydrogen-bond donors (Lipinski definition) is 3. The van der Waals surface area contributed by atoms with E-state index >= 15 is 0 Å². The maximum atomic E-state index is 10.6. The van der Waals surface area contributed by atoms with E-state index in [9.17, 15) is 15.0 Å². The van der Waals surface area contributed by atoms with Crippen molar-refractivity contribution in [2.45, 2.75) is 26.1 Å². The fraction of sp³-hybridized carbons (Fsp3) is 0.500. The highest BCUT2D eigenvalue weighted by Gasteiger charge is 2.21. The molecule has 0 radical (unpaired) electrons. The van der Waals surface area contributed by atoms with E-state index in [1.165, 1.54) is 13.1 Å². The molecule has 0 saturated carbocycles. The second kappa shape index (κ2) is 5.53. The monoisotopic (exact) mass is 225 g/mol. The SMILES string of the molecule is CC(=O)NCC(O)C(O)c1nccc(C)n1. The predicted molar refractivity (Wildman–Crippen MR) is 56.4 cm³/mol. The van der Waals surface area contributed by atoms with Crippen LogP contribution in [-0.2, 0) is 4.79 Å². The molecule has 0 aliphatic rings. The average Bonchev–Trinajstić information content (AvgIpc) is 2.24. The molecule has 6 nitrogen and oxygen atoms in total. The van der Waals surface area contributed by atoms with Crippen LogP contribution in [0.2, 0.25) is 0 Å². The van der Waals surface area contributed by atoms with Crippen molar-refractivity contribution in [2.24, 2.45) is 0 Å². The van der Waals surface area contributed by atoms with Crippen LogP contribution in [0.25, 0.3) is 0 Å². The maximum Gasteiger partial charge on any atom is 0.216 e. The summed E-state index contributed by atoms with van der Waals surface area (Å²) >= 11 is 0. The van der Waals surface area contributed by atoms with Crippen LogP contribution in [0.15, 0.2) is 12.3 Å². The van der Waals surface area contributed by atoms with Gasteiger partial charge in [-0.05, 0) is 13.0 Å². The summed E-state index contributed by atoms with van der Waals surface area (Å²) in [5, 5.41) is 21.7. The molecule has 2 unspecified atom stereocenters. The number of carbonyl (C=O) groups excluding carboxylic acids is 1. The third kappa shape index (κ3) is 3.56. The number of hydrogen-bond acceptors (Lipinski definition) is 5. The van der Waals surface area contributed by atoms with Crippen LogP contribution in [0.5, 0.6) is 0 Å². The molecule has 1 aromatic heterocycles. The molecule has 2 atom stereocenters. The Morgan fingerprint density at radius 1 is 1.56 bits per heavy atom. The van der Waals surface area contributed by atoms with Gasteiger partial charge in [-0.2, -0.15) is 0 Å². The second-order valence-electron chi connectivity index (χ2n) is 3.51. The van der Waals surface area contributed by atoms with Crippen LogP contribution < -0.4 is 5.32 Å². The minimum absolute atomic E-state index is 0.0339. The molecule has 3 N–H and O–H groups in total. The zero-order valence-electron chi connectivity index (χ0n) is 9.21. The number of amides is 1. The normalized spacial score (nSPS) is 14.2. The van der Waals surface area contributed by atoms with Gasteiger partial charge in [-0.25, -0.2) is 9.97 Å². The van der Waals surface area contributed by atoms with Crippen molar-refractivity contribution in [3.8, 4) is 0 Å². The van der Waals surface area contributed by atoms with E-state index in [0.29, 0.717) is 5.69 Å². The van der Waals surface area contributed by atoms with E-state index in [-0.39, 0.29) is 18.3 Å². The predicted octanol–water partition coefficient (Wildman–Crippen LogP) is -0.685. The molecule has 1 heterocycles. The van der Waals surface area contributed by atoms with E-state index in [1.807, 2.05) is 0 Å². The summed E-state index contributed by atoms with van der Waals surface area (Å²) in [7, 11) is 0. The summed E-state index contributed by atoms with van der Waals surface area (Å²) < 4.78 is 0. The Balaban J connectivity index is 2.62. The van der Waals surface area contributed by atoms with Gasteiger partial charge in [0.05, 0.1) is 0 Å². The Bertz CT molecular complexity index is 370. The molecule has 0 spiro atoms. The van der Waals surface area contributed by atoms with Crippen LogP contribution >= 0.6 is 0 Å². The molecule has 1 amide bonds. The van der Waals surface area contributed by atoms with Gasteiger partial charge in [0.15, 0.2) is 5.82 Å². The van der Waals surface area contributed by atoms with Crippen molar-refractivity contribution in [3.05, 3.63) is 23.8 Å². The number of carbonyl (C=O) groups is 1. The van der Waals surface area contributed by atoms with E-state index in [0.717, 1.165) is 0 Å². The summed E-state index contributed by atoms with van der Waals surface area (Å²) in [6.07, 6.45) is -0.816. The first kappa shape index (κ1) is 12.5. The highest BCUT2D eigenvalue weighted by Crippen LogP contribution is 2.11. The minimum atomic E-state index is -1.20. The number of aryl methyl sites for hydroxylation is 1. The lowest BCUT2D eigenvalue weighted by Gasteiger charge is -2.16. The van der Waals surface area contributed by atoms with E-state index in [1.54, 1.807) is 13.0 Å². The number of aliphatic hydroxyl groups excluding tert-OH is 2. The Hall–Kier alpha value is -1.53. The molecule has 0 aliphatic carbocycles. The smallest absolute Gasteiger partial charge is 0.216 e. The summed E-state index contributed by atoms with van der Waals surface area (Å²) in [4.78, 5) is 18.5. The second-order valence-corrected chi connectivity index (χ2v) is 3.51. The van der Waals surface area contributed by atoms with Gasteiger partial charge >= 0.3 is 0 Å². The maximum absolute atomic E-state index is 10.6. The molecule has 0 fully saturated rings. The minimum Gasteiger partial charge on any atom is -0.388 e. The first-order chi connectivity index (χ1) is 7.50. The van der Waals surface area contributed by atoms with Crippen LogP contribution in [0.3, 0.4) is 0 Å². The number of nitrogens with one attached hydrogen (secondary N) is 1. The van der Waals surface area contributed by atoms with Gasteiger partial charge < -0.3 is 15.5 Å². The lowest BCUT2D eigenvalue weighted by molar-refractivity contribution is -0.119. The van der Waals surface area contributed by atoms with Gasteiger partial charge in [0, 0.05) is 25.4 Å². The largest absolute Gasteiger partial charge is 0.388 e. The molecule has 0 aromatic carbocycles. The highest BCUT2D eigenvalue weighted by molar-refractivity contribution is 5.72. The first-order valence-corrected chi connectivity index (χ1v) is 4.91. The van der Waals surface area contributed by atoms with Crippen LogP contribution in [0.4, 0.5) is 0 Å². The molecule has 88 valence electrons. The Morgan fingerprint density at radius 2 is 2.25 bits per heavy atom. The molecule has 0 aliphatic heterocycles. The number of aliphatic hydroxyl groups is 2. The van der Waals surface area contributed by atoms with Gasteiger partial charge in [0.1, 0.15) is 12.2 Å². The molecular formula is C10H15N3O3. The Morgan fingerprint density at radius 3 is 2.81 bits per heavy atom. The Labute approximate surface area is 93.4 Å². The van der Waals surface area contributed by atoms with Gasteiger partial charge in [0.2, 0.25) is 5.91 Å². The summed E-state index contributed by atoms with van der Waals surface area (Å²) in [6.45, 7) is 3.06. The highest BCUT2D eigenvalue weighted by atomic mass is 16.3. The molecule has 0 bridgehead atoms. The average molecular weight is 225 g/mol. The van der Waals surface area contributed by atoms with Crippen LogP contribution in [0.1, 0.15) is 24.5 Å². The molecule has 1 rings (SSSR count). The number of rotatable bonds is 4. The molecular weight excluding hydrogens is 210 g/mol. The van der Waals surface area contributed by atoms with Crippen molar-refractivity contribution in [1.82, 2.24) is 15.3 Å². The third-order valence-corrected chi connectivity index (χ3v) is 2.00. The fourth-order valence-electron chi connectivity index (χ4n) is 1.14. The van der Waals surface area contributed by atoms with Gasteiger partial charge in [-0.1, -0.05) is 0 Å². The van der Waals surface area contributed by atoms with Crippen molar-refractivity contribution in [2.75, 3.05) is 6.54 Å². The van der Waals surface area contributed by atoms with Crippen LogP contribution in [0, 0.1) is 6.92 Å². The van der Waals surface area contributed by atoms with Crippen molar-refractivity contribution < 1.29 is 15.0 Å². The van der Waals surface area contributed by atoms with Gasteiger partial charge in [-0.15, -0.1) is 0 Å². The molecule has 16 heavy (non-hydrogen) atoms. The summed E-state index contributed by atoms with van der Waals surface area (Å²) in [5.74, 6) is -0.116. The van der Waals surface area contributed by atoms with E-state index < -0.39 is 12.2 Å². The number of nitrogens with zero attached hydrogens (tertiary/aromatic N) is 2. The van der Waals surface area contributed by atoms with Crippen molar-refractivity contribution in [1.29, 1.82) is 0 Å². The first-order valence-electron chi connectivity index (χ1n) is 4.91. The zero-order valence-corrected chi connectivity index (χ0v) is 9.21. The lowest BCUT2D eigenvalue weighted by atomic mass is 10.2. The molecule has 0 saturated heterocycles. The Kier molecular flexibility index (Phi) is 4.33. The standard InChI is InChI=1S/C10H15N3O3/c1-6-3-4-11-10(13-6)9(16)8(15)5-12-7(2)14/h3-4,8-9,15-16H,5H2,1-2H3,(H,12,14). The summed E-state index contributed by atoms with van der Waals surface area (Å²) in [5.41, 5.74) is 0.704. The zero-order chi connectivity index (χ0) is 12.1. The summed E-state index contributed by atoms with van der Waals surface area (Å²) in [6, 6.07) is 1.69. The third-order valence-electron chi connectivity index (χ3n) is 2.00. The van der Waals surface area contributed by atoms with Crippen molar-refractivity contribution >= 4 is 5.91 Å². The van der Waals surface area contributed by atoms with Gasteiger partial charge in [0.25, 0.3) is 0 Å². The van der Waals surface area contributed by atoms with E-state index in [4.69, 9.17) is 0 Å². The molecule has 1 aromatic rings. The van der Waals surface area contributed by atoms with Gasteiger partial charge in [-0.3, -0.25) is 4.79 Å². The lowest BCUT2D eigenvalue weighted by Crippen LogP contribution is -2.34.